The molecule has 0 amide bonds. The Labute approximate surface area is 111 Å². The quantitative estimate of drug-likeness (QED) is 0.785. The maximum Gasteiger partial charge on any atom is 0.357 e. The van der Waals surface area contributed by atoms with E-state index in [2.05, 4.69) is 16.8 Å². The van der Waals surface area contributed by atoms with Crippen LogP contribution in [0.4, 0.5) is 5.13 Å². The summed E-state index contributed by atoms with van der Waals surface area (Å²) in [6, 6.07) is 0.342. The molecule has 1 unspecified atom stereocenters. The second kappa shape index (κ2) is 5.67. The zero-order valence-electron chi connectivity index (χ0n) is 10.9. The normalized spacial score (nSPS) is 19.9. The number of carbonyl (C=O) groups is 1. The van der Waals surface area contributed by atoms with Crippen LogP contribution in [-0.2, 0) is 9.47 Å². The standard InChI is InChI=1S/C12H18N2O3S/c1-4-9-7-17-6-5-14(9)12-13-10(8(2)18-12)11(15)16-3/h9H,4-7H2,1-3H3. The summed E-state index contributed by atoms with van der Waals surface area (Å²) in [6.45, 7) is 6.29. The molecule has 1 atom stereocenters. The van der Waals surface area contributed by atoms with Crippen LogP contribution in [0.1, 0.15) is 28.7 Å². The van der Waals surface area contributed by atoms with Crippen molar-refractivity contribution in [1.82, 2.24) is 4.98 Å². The summed E-state index contributed by atoms with van der Waals surface area (Å²) in [5.41, 5.74) is 0.429. The summed E-state index contributed by atoms with van der Waals surface area (Å²) in [6.07, 6.45) is 1.01. The average molecular weight is 270 g/mol. The summed E-state index contributed by atoms with van der Waals surface area (Å²) < 4.78 is 10.2. The first-order valence-corrected chi connectivity index (χ1v) is 6.89. The number of ether oxygens (including phenoxy) is 2. The van der Waals surface area contributed by atoms with Crippen molar-refractivity contribution < 1.29 is 14.3 Å². The lowest BCUT2D eigenvalue weighted by Gasteiger charge is -2.34. The molecule has 0 N–H and O–H groups in total. The summed E-state index contributed by atoms with van der Waals surface area (Å²) in [5.74, 6) is -0.365. The maximum atomic E-state index is 11.6. The van der Waals surface area contributed by atoms with E-state index in [4.69, 9.17) is 9.47 Å². The van der Waals surface area contributed by atoms with Crippen molar-refractivity contribution in [1.29, 1.82) is 0 Å². The summed E-state index contributed by atoms with van der Waals surface area (Å²) in [7, 11) is 1.38. The Morgan fingerprint density at radius 1 is 1.67 bits per heavy atom. The number of rotatable bonds is 3. The predicted molar refractivity (Wildman–Crippen MR) is 70.4 cm³/mol. The third-order valence-corrected chi connectivity index (χ3v) is 4.12. The summed E-state index contributed by atoms with van der Waals surface area (Å²) in [5, 5.41) is 0.892. The van der Waals surface area contributed by atoms with Gasteiger partial charge in [-0.2, -0.15) is 0 Å². The topological polar surface area (TPSA) is 51.7 Å². The van der Waals surface area contributed by atoms with Crippen molar-refractivity contribution in [3.63, 3.8) is 0 Å². The Kier molecular flexibility index (Phi) is 4.19. The number of methoxy groups -OCH3 is 1. The van der Waals surface area contributed by atoms with Gasteiger partial charge in [-0.3, -0.25) is 0 Å². The molecule has 1 aromatic rings. The number of hydrogen-bond acceptors (Lipinski definition) is 6. The van der Waals surface area contributed by atoms with Crippen molar-refractivity contribution in [2.75, 3.05) is 31.8 Å². The molecule has 0 aromatic carbocycles. The zero-order chi connectivity index (χ0) is 13.1. The van der Waals surface area contributed by atoms with Gasteiger partial charge in [0.15, 0.2) is 10.8 Å². The van der Waals surface area contributed by atoms with Gasteiger partial charge < -0.3 is 14.4 Å². The molecule has 0 bridgehead atoms. The molecular formula is C12H18N2O3S. The van der Waals surface area contributed by atoms with Gasteiger partial charge in [-0.05, 0) is 13.3 Å². The first-order valence-electron chi connectivity index (χ1n) is 6.07. The van der Waals surface area contributed by atoms with E-state index in [1.54, 1.807) is 11.3 Å². The Bertz CT molecular complexity index is 433. The predicted octanol–water partition coefficient (Wildman–Crippen LogP) is 1.85. The van der Waals surface area contributed by atoms with Crippen molar-refractivity contribution in [3.8, 4) is 0 Å². The number of nitrogens with zero attached hydrogens (tertiary/aromatic N) is 2. The number of morpholine rings is 1. The third-order valence-electron chi connectivity index (χ3n) is 3.11. The van der Waals surface area contributed by atoms with Gasteiger partial charge >= 0.3 is 5.97 Å². The molecule has 18 heavy (non-hydrogen) atoms. The zero-order valence-corrected chi connectivity index (χ0v) is 11.7. The van der Waals surface area contributed by atoms with E-state index < -0.39 is 0 Å². The van der Waals surface area contributed by atoms with E-state index in [0.717, 1.165) is 29.6 Å². The van der Waals surface area contributed by atoms with Gasteiger partial charge in [0.05, 0.1) is 26.4 Å². The van der Waals surface area contributed by atoms with Crippen LogP contribution in [0.2, 0.25) is 0 Å². The monoisotopic (exact) mass is 270 g/mol. The van der Waals surface area contributed by atoms with E-state index in [1.165, 1.54) is 7.11 Å². The molecule has 1 aliphatic rings. The summed E-state index contributed by atoms with van der Waals surface area (Å²) >= 11 is 1.54. The van der Waals surface area contributed by atoms with Gasteiger partial charge in [-0.15, -0.1) is 11.3 Å². The minimum Gasteiger partial charge on any atom is -0.464 e. The highest BCUT2D eigenvalue weighted by Gasteiger charge is 2.26. The molecule has 2 heterocycles. The van der Waals surface area contributed by atoms with E-state index >= 15 is 0 Å². The lowest BCUT2D eigenvalue weighted by Crippen LogP contribution is -2.45. The number of aryl methyl sites for hydroxylation is 1. The van der Waals surface area contributed by atoms with E-state index in [1.807, 2.05) is 6.92 Å². The second-order valence-corrected chi connectivity index (χ2v) is 5.40. The van der Waals surface area contributed by atoms with Gasteiger partial charge in [0, 0.05) is 11.4 Å². The highest BCUT2D eigenvalue weighted by atomic mass is 32.1. The molecule has 100 valence electrons. The first kappa shape index (κ1) is 13.3. The minimum atomic E-state index is -0.365. The molecule has 0 radical (unpaired) electrons. The Morgan fingerprint density at radius 3 is 3.11 bits per heavy atom. The molecule has 0 aliphatic carbocycles. The lowest BCUT2D eigenvalue weighted by molar-refractivity contribution is 0.0594. The number of anilines is 1. The lowest BCUT2D eigenvalue weighted by atomic mass is 10.2. The SMILES string of the molecule is CCC1COCCN1c1nc(C(=O)OC)c(C)s1. The molecule has 0 spiro atoms. The van der Waals surface area contributed by atoms with Gasteiger partial charge in [0.2, 0.25) is 0 Å². The largest absolute Gasteiger partial charge is 0.464 e. The van der Waals surface area contributed by atoms with E-state index in [-0.39, 0.29) is 5.97 Å². The average Bonchev–Trinajstić information content (AvgIpc) is 2.79. The Morgan fingerprint density at radius 2 is 2.44 bits per heavy atom. The van der Waals surface area contributed by atoms with Crippen molar-refractivity contribution >= 4 is 22.4 Å². The fourth-order valence-electron chi connectivity index (χ4n) is 2.04. The smallest absolute Gasteiger partial charge is 0.357 e. The first-order chi connectivity index (χ1) is 8.67. The van der Waals surface area contributed by atoms with Crippen LogP contribution in [0.25, 0.3) is 0 Å². The number of esters is 1. The van der Waals surface area contributed by atoms with Gasteiger partial charge in [-0.25, -0.2) is 9.78 Å². The fourth-order valence-corrected chi connectivity index (χ4v) is 3.03. The van der Waals surface area contributed by atoms with Crippen LogP contribution < -0.4 is 4.90 Å². The van der Waals surface area contributed by atoms with Crippen LogP contribution in [0, 0.1) is 6.92 Å². The molecule has 5 nitrogen and oxygen atoms in total. The van der Waals surface area contributed by atoms with Crippen LogP contribution in [0.5, 0.6) is 0 Å². The molecule has 1 saturated heterocycles. The van der Waals surface area contributed by atoms with Crippen molar-refractivity contribution in [3.05, 3.63) is 10.6 Å². The van der Waals surface area contributed by atoms with Crippen LogP contribution in [0.15, 0.2) is 0 Å². The molecular weight excluding hydrogens is 252 g/mol. The highest BCUT2D eigenvalue weighted by molar-refractivity contribution is 7.15. The molecule has 1 aliphatic heterocycles. The second-order valence-electron chi connectivity index (χ2n) is 4.22. The van der Waals surface area contributed by atoms with Gasteiger partial charge in [0.25, 0.3) is 0 Å². The maximum absolute atomic E-state index is 11.6. The number of hydrogen-bond donors (Lipinski definition) is 0. The Hall–Kier alpha value is -1.14. The van der Waals surface area contributed by atoms with Gasteiger partial charge in [-0.1, -0.05) is 6.92 Å². The van der Waals surface area contributed by atoms with Crippen LogP contribution in [0.3, 0.4) is 0 Å². The number of carbonyl (C=O) groups excluding carboxylic acids is 1. The van der Waals surface area contributed by atoms with E-state index in [0.29, 0.717) is 18.3 Å². The number of thiazole rings is 1. The number of aromatic nitrogens is 1. The highest BCUT2D eigenvalue weighted by Crippen LogP contribution is 2.29. The molecule has 0 saturated carbocycles. The van der Waals surface area contributed by atoms with Crippen LogP contribution >= 0.6 is 11.3 Å². The Balaban J connectivity index is 2.24. The molecule has 1 aromatic heterocycles. The minimum absolute atomic E-state index is 0.342. The fraction of sp³-hybridized carbons (Fsp3) is 0.667. The molecule has 2 rings (SSSR count). The van der Waals surface area contributed by atoms with Crippen molar-refractivity contribution in [2.45, 2.75) is 26.3 Å². The summed E-state index contributed by atoms with van der Waals surface area (Å²) in [4.78, 5) is 19.1. The van der Waals surface area contributed by atoms with E-state index in [9.17, 15) is 4.79 Å². The van der Waals surface area contributed by atoms with Crippen LogP contribution in [-0.4, -0.2) is 43.9 Å². The van der Waals surface area contributed by atoms with Gasteiger partial charge in [0.1, 0.15) is 0 Å². The third kappa shape index (κ3) is 2.49. The molecule has 1 fully saturated rings. The molecule has 6 heteroatoms. The van der Waals surface area contributed by atoms with Crippen molar-refractivity contribution in [2.24, 2.45) is 0 Å².